The Morgan fingerprint density at radius 1 is 1.29 bits per heavy atom. The molecule has 0 fully saturated rings. The number of amides is 1. The van der Waals surface area contributed by atoms with Crippen LogP contribution in [-0.4, -0.2) is 18.7 Å². The van der Waals surface area contributed by atoms with Gasteiger partial charge in [-0.25, -0.2) is 5.43 Å². The van der Waals surface area contributed by atoms with E-state index in [0.29, 0.717) is 18.6 Å². The number of hydrogen-bond donors (Lipinski definition) is 1. The normalized spacial score (nSPS) is 11.1. The Hall–Kier alpha value is -2.38. The van der Waals surface area contributed by atoms with E-state index in [1.165, 1.54) is 0 Å². The van der Waals surface area contributed by atoms with Crippen LogP contribution in [0, 0.1) is 0 Å². The lowest BCUT2D eigenvalue weighted by Gasteiger charge is -2.12. The van der Waals surface area contributed by atoms with Crippen molar-refractivity contribution >= 4 is 55.0 Å². The number of rotatable bonds is 7. The van der Waals surface area contributed by atoms with E-state index in [0.717, 1.165) is 31.2 Å². The number of hydrazone groups is 1. The minimum absolute atomic E-state index is 0.200. The lowest BCUT2D eigenvalue weighted by molar-refractivity contribution is 0.0929. The number of carbonyl (C=O) groups excluding carboxylic acids is 1. The molecule has 0 saturated carbocycles. The summed E-state index contributed by atoms with van der Waals surface area (Å²) < 4.78 is 13.0. The number of allylic oxidation sites excluding steroid dienone is 1. The van der Waals surface area contributed by atoms with Crippen molar-refractivity contribution in [1.29, 1.82) is 0 Å². The van der Waals surface area contributed by atoms with Gasteiger partial charge in [-0.1, -0.05) is 22.0 Å². The van der Waals surface area contributed by atoms with Crippen LogP contribution in [0.15, 0.2) is 67.5 Å². The lowest BCUT2D eigenvalue weighted by Crippen LogP contribution is -2.16. The predicted molar refractivity (Wildman–Crippen MR) is 118 cm³/mol. The highest BCUT2D eigenvalue weighted by atomic mass is 79.9. The second-order valence-corrected chi connectivity index (χ2v) is 7.68. The maximum Gasteiger partial charge on any atom is 0.307 e. The number of fused-ring (bicyclic) bond motifs is 1. The van der Waals surface area contributed by atoms with Crippen molar-refractivity contribution in [2.24, 2.45) is 5.10 Å². The van der Waals surface area contributed by atoms with Crippen molar-refractivity contribution in [1.82, 2.24) is 5.43 Å². The van der Waals surface area contributed by atoms with Gasteiger partial charge in [-0.15, -0.1) is 6.58 Å². The fraction of sp³-hybridized carbons (Fsp3) is 0.143. The molecule has 28 heavy (non-hydrogen) atoms. The third-order valence-corrected chi connectivity index (χ3v) is 4.96. The number of furan rings is 1. The summed E-state index contributed by atoms with van der Waals surface area (Å²) in [5.41, 5.74) is 4.94. The zero-order valence-corrected chi connectivity index (χ0v) is 18.3. The van der Waals surface area contributed by atoms with Gasteiger partial charge >= 0.3 is 5.91 Å². The Balaban J connectivity index is 1.75. The van der Waals surface area contributed by atoms with Crippen molar-refractivity contribution in [2.75, 3.05) is 6.61 Å². The molecule has 0 bridgehead atoms. The highest BCUT2D eigenvalue weighted by molar-refractivity contribution is 9.10. The molecule has 3 aromatic rings. The van der Waals surface area contributed by atoms with Crippen molar-refractivity contribution in [3.05, 3.63) is 74.9 Å². The molecule has 7 heteroatoms. The van der Waals surface area contributed by atoms with E-state index in [-0.39, 0.29) is 5.76 Å². The zero-order chi connectivity index (χ0) is 20.1. The van der Waals surface area contributed by atoms with Crippen molar-refractivity contribution in [3.63, 3.8) is 0 Å². The summed E-state index contributed by atoms with van der Waals surface area (Å²) in [6.45, 7) is 6.29. The number of benzene rings is 2. The van der Waals surface area contributed by atoms with Gasteiger partial charge in [-0.3, -0.25) is 4.79 Å². The van der Waals surface area contributed by atoms with Crippen molar-refractivity contribution in [2.45, 2.75) is 13.3 Å². The summed E-state index contributed by atoms with van der Waals surface area (Å²) in [6, 6.07) is 11.1. The third kappa shape index (κ3) is 4.72. The van der Waals surface area contributed by atoms with Crippen LogP contribution in [0.5, 0.6) is 5.75 Å². The smallest absolute Gasteiger partial charge is 0.307 e. The molecule has 1 aromatic heterocycles. The van der Waals surface area contributed by atoms with Gasteiger partial charge in [0, 0.05) is 9.86 Å². The lowest BCUT2D eigenvalue weighted by atomic mass is 10.1. The first-order valence-corrected chi connectivity index (χ1v) is 10.2. The minimum atomic E-state index is -0.417. The molecule has 0 aliphatic heterocycles. The zero-order valence-electron chi connectivity index (χ0n) is 15.2. The van der Waals surface area contributed by atoms with Gasteiger partial charge in [0.2, 0.25) is 0 Å². The first kappa shape index (κ1) is 20.4. The summed E-state index contributed by atoms with van der Waals surface area (Å²) in [6.07, 6.45) is 4.05. The van der Waals surface area contributed by atoms with Crippen LogP contribution in [-0.2, 0) is 6.42 Å². The van der Waals surface area contributed by atoms with Gasteiger partial charge in [-0.05, 0) is 76.8 Å². The number of hydrogen-bond acceptors (Lipinski definition) is 4. The Kier molecular flexibility index (Phi) is 6.70. The van der Waals surface area contributed by atoms with E-state index in [1.54, 1.807) is 18.3 Å². The molecule has 1 heterocycles. The Labute approximate surface area is 179 Å². The molecule has 3 rings (SSSR count). The minimum Gasteiger partial charge on any atom is -0.492 e. The summed E-state index contributed by atoms with van der Waals surface area (Å²) in [4.78, 5) is 12.3. The maximum atomic E-state index is 12.3. The predicted octanol–water partition coefficient (Wildman–Crippen LogP) is 5.85. The molecule has 0 unspecified atom stereocenters. The van der Waals surface area contributed by atoms with Crippen LogP contribution >= 0.6 is 31.9 Å². The summed E-state index contributed by atoms with van der Waals surface area (Å²) in [5.74, 6) is 0.572. The van der Waals surface area contributed by atoms with Gasteiger partial charge in [0.15, 0.2) is 5.76 Å². The van der Waals surface area contributed by atoms with Gasteiger partial charge in [0.25, 0.3) is 0 Å². The van der Waals surface area contributed by atoms with Gasteiger partial charge in [0.05, 0.1) is 17.3 Å². The first-order valence-electron chi connectivity index (χ1n) is 8.60. The molecular formula is C21H18Br2N2O3. The fourth-order valence-corrected chi connectivity index (χ4v) is 3.72. The molecule has 0 saturated heterocycles. The topological polar surface area (TPSA) is 63.8 Å². The van der Waals surface area contributed by atoms with Gasteiger partial charge < -0.3 is 9.15 Å². The summed E-state index contributed by atoms with van der Waals surface area (Å²) >= 11 is 6.92. The highest BCUT2D eigenvalue weighted by Gasteiger charge is 2.12. The first-order chi connectivity index (χ1) is 13.5. The number of halogens is 2. The average Bonchev–Trinajstić information content (AvgIpc) is 3.08. The third-order valence-electron chi connectivity index (χ3n) is 3.88. The van der Waals surface area contributed by atoms with Crippen molar-refractivity contribution < 1.29 is 13.9 Å². The summed E-state index contributed by atoms with van der Waals surface area (Å²) in [5, 5.41) is 4.88. The molecule has 5 nitrogen and oxygen atoms in total. The number of ether oxygens (including phenoxy) is 1. The second kappa shape index (κ2) is 9.21. The molecule has 0 radical (unpaired) electrons. The van der Waals surface area contributed by atoms with E-state index < -0.39 is 5.91 Å². The Morgan fingerprint density at radius 2 is 2.11 bits per heavy atom. The van der Waals surface area contributed by atoms with Crippen molar-refractivity contribution in [3.8, 4) is 5.75 Å². The van der Waals surface area contributed by atoms with E-state index in [4.69, 9.17) is 9.15 Å². The largest absolute Gasteiger partial charge is 0.492 e. The molecular weight excluding hydrogens is 488 g/mol. The summed E-state index contributed by atoms with van der Waals surface area (Å²) in [7, 11) is 0. The molecule has 144 valence electrons. The fourth-order valence-electron chi connectivity index (χ4n) is 2.71. The van der Waals surface area contributed by atoms with Crippen LogP contribution in [0.1, 0.15) is 28.6 Å². The molecule has 0 aliphatic carbocycles. The number of nitrogens with one attached hydrogen (secondary N) is 1. The van der Waals surface area contributed by atoms with Crippen LogP contribution < -0.4 is 10.2 Å². The highest BCUT2D eigenvalue weighted by Crippen LogP contribution is 2.31. The van der Waals surface area contributed by atoms with E-state index >= 15 is 0 Å². The van der Waals surface area contributed by atoms with Gasteiger partial charge in [-0.2, -0.15) is 5.10 Å². The SMILES string of the molecule is C=CCc1cc(/C=N/NC(=O)c2cc3cc(Br)ccc3o2)cc(Br)c1OCC. The molecule has 0 aliphatic rings. The Morgan fingerprint density at radius 3 is 2.86 bits per heavy atom. The van der Waals surface area contributed by atoms with Crippen LogP contribution in [0.25, 0.3) is 11.0 Å². The monoisotopic (exact) mass is 504 g/mol. The molecule has 0 spiro atoms. The maximum absolute atomic E-state index is 12.3. The quantitative estimate of drug-likeness (QED) is 0.249. The Bertz CT molecular complexity index is 1060. The van der Waals surface area contributed by atoms with Gasteiger partial charge in [0.1, 0.15) is 11.3 Å². The second-order valence-electron chi connectivity index (χ2n) is 5.91. The molecule has 0 atom stereocenters. The molecule has 2 aromatic carbocycles. The molecule has 1 N–H and O–H groups in total. The van der Waals surface area contributed by atoms with E-state index in [9.17, 15) is 4.79 Å². The van der Waals surface area contributed by atoms with E-state index in [2.05, 4.69) is 49.0 Å². The van der Waals surface area contributed by atoms with Crippen LogP contribution in [0.4, 0.5) is 0 Å². The molecule has 1 amide bonds. The average molecular weight is 506 g/mol. The number of carbonyl (C=O) groups is 1. The standard InChI is InChI=1S/C21H18Br2N2O3/c1-3-5-14-8-13(9-17(23)20(14)27-4-2)12-24-25-21(26)19-11-15-10-16(22)6-7-18(15)28-19/h3,6-12H,1,4-5H2,2H3,(H,25,26)/b24-12+. The van der Waals surface area contributed by atoms with Crippen LogP contribution in [0.3, 0.4) is 0 Å². The van der Waals surface area contributed by atoms with Crippen LogP contribution in [0.2, 0.25) is 0 Å². The van der Waals surface area contributed by atoms with E-state index in [1.807, 2.05) is 37.3 Å². The number of nitrogens with zero attached hydrogens (tertiary/aromatic N) is 1.